The van der Waals surface area contributed by atoms with E-state index in [0.29, 0.717) is 25.4 Å². The van der Waals surface area contributed by atoms with Crippen molar-refractivity contribution in [1.29, 1.82) is 0 Å². The summed E-state index contributed by atoms with van der Waals surface area (Å²) in [4.78, 5) is 36.2. The van der Waals surface area contributed by atoms with E-state index in [1.165, 1.54) is 24.3 Å². The van der Waals surface area contributed by atoms with E-state index in [1.807, 2.05) is 5.32 Å². The SMILES string of the molecule is O=C(COC(=O)c1cc(Cl)c2c(c1)OCCCO2)NC(=O)c1ccc(OC(F)F)cc1. The fourth-order valence-corrected chi connectivity index (χ4v) is 2.85. The summed E-state index contributed by atoms with van der Waals surface area (Å²) >= 11 is 6.11. The maximum Gasteiger partial charge on any atom is 0.387 e. The third kappa shape index (κ3) is 6.05. The average molecular weight is 456 g/mol. The van der Waals surface area contributed by atoms with Gasteiger partial charge in [0.2, 0.25) is 0 Å². The number of fused-ring (bicyclic) bond motifs is 1. The molecule has 8 nitrogen and oxygen atoms in total. The summed E-state index contributed by atoms with van der Waals surface area (Å²) in [7, 11) is 0. The number of rotatable bonds is 6. The first-order chi connectivity index (χ1) is 14.8. The molecule has 31 heavy (non-hydrogen) atoms. The number of nitrogens with one attached hydrogen (secondary N) is 1. The van der Waals surface area contributed by atoms with Crippen molar-refractivity contribution in [2.75, 3.05) is 19.8 Å². The van der Waals surface area contributed by atoms with Crippen LogP contribution in [-0.4, -0.2) is 44.2 Å². The molecule has 2 aromatic rings. The van der Waals surface area contributed by atoms with Gasteiger partial charge in [0, 0.05) is 12.0 Å². The monoisotopic (exact) mass is 455 g/mol. The topological polar surface area (TPSA) is 100 Å². The lowest BCUT2D eigenvalue weighted by Crippen LogP contribution is -2.34. The normalized spacial score (nSPS) is 12.6. The Bertz CT molecular complexity index is 982. The number of amides is 2. The summed E-state index contributed by atoms with van der Waals surface area (Å²) in [5.41, 5.74) is 0.0685. The minimum absolute atomic E-state index is 0.0241. The van der Waals surface area contributed by atoms with Crippen molar-refractivity contribution in [2.24, 2.45) is 0 Å². The molecule has 11 heteroatoms. The van der Waals surface area contributed by atoms with Gasteiger partial charge >= 0.3 is 12.6 Å². The number of imide groups is 1. The first-order valence-corrected chi connectivity index (χ1v) is 9.36. The standard InChI is InChI=1S/C20H16ClF2NO7/c21-14-8-12(9-15-17(14)29-7-1-6-28-15)19(27)30-10-16(25)24-18(26)11-2-4-13(5-3-11)31-20(22)23/h2-5,8-9,20H,1,6-7,10H2,(H,24,25,26). The zero-order valence-corrected chi connectivity index (χ0v) is 16.6. The van der Waals surface area contributed by atoms with E-state index in [2.05, 4.69) is 4.74 Å². The van der Waals surface area contributed by atoms with Gasteiger partial charge in [-0.3, -0.25) is 14.9 Å². The second-order valence-electron chi connectivity index (χ2n) is 6.19. The molecule has 0 unspecified atom stereocenters. The Labute approximate surface area is 180 Å². The van der Waals surface area contributed by atoms with Gasteiger partial charge in [-0.2, -0.15) is 8.78 Å². The van der Waals surface area contributed by atoms with E-state index in [4.69, 9.17) is 25.8 Å². The molecule has 164 valence electrons. The number of ether oxygens (including phenoxy) is 4. The Balaban J connectivity index is 1.54. The summed E-state index contributed by atoms with van der Waals surface area (Å²) in [6, 6.07) is 7.42. The average Bonchev–Trinajstić information content (AvgIpc) is 2.98. The van der Waals surface area contributed by atoms with Crippen molar-refractivity contribution < 1.29 is 42.1 Å². The van der Waals surface area contributed by atoms with Gasteiger partial charge in [-0.15, -0.1) is 0 Å². The largest absolute Gasteiger partial charge is 0.489 e. The van der Waals surface area contributed by atoms with E-state index in [0.717, 1.165) is 12.1 Å². The van der Waals surface area contributed by atoms with Gasteiger partial charge in [0.15, 0.2) is 18.1 Å². The van der Waals surface area contributed by atoms with Crippen LogP contribution in [0.15, 0.2) is 36.4 Å². The summed E-state index contributed by atoms with van der Waals surface area (Å²) in [5.74, 6) is -2.07. The second kappa shape index (κ2) is 10.1. The molecule has 1 aliphatic rings. The zero-order valence-electron chi connectivity index (χ0n) is 15.9. The second-order valence-corrected chi connectivity index (χ2v) is 6.60. The predicted octanol–water partition coefficient (Wildman–Crippen LogP) is 3.22. The maximum absolute atomic E-state index is 12.2. The van der Waals surface area contributed by atoms with E-state index >= 15 is 0 Å². The first-order valence-electron chi connectivity index (χ1n) is 8.99. The molecule has 2 aromatic carbocycles. The maximum atomic E-state index is 12.2. The molecule has 1 N–H and O–H groups in total. The van der Waals surface area contributed by atoms with Crippen LogP contribution in [0.5, 0.6) is 17.2 Å². The minimum atomic E-state index is -3.00. The van der Waals surface area contributed by atoms with Crippen LogP contribution in [0.1, 0.15) is 27.1 Å². The molecule has 0 aromatic heterocycles. The summed E-state index contributed by atoms with van der Waals surface area (Å²) in [6.07, 6.45) is 0.654. The van der Waals surface area contributed by atoms with Gasteiger partial charge < -0.3 is 18.9 Å². The first kappa shape index (κ1) is 22.3. The molecule has 0 bridgehead atoms. The van der Waals surface area contributed by atoms with Crippen molar-refractivity contribution >= 4 is 29.4 Å². The number of carbonyl (C=O) groups is 3. The molecule has 3 rings (SSSR count). The Hall–Kier alpha value is -3.40. The smallest absolute Gasteiger partial charge is 0.387 e. The molecular weight excluding hydrogens is 440 g/mol. The van der Waals surface area contributed by atoms with Gasteiger partial charge in [-0.05, 0) is 36.4 Å². The van der Waals surface area contributed by atoms with Crippen molar-refractivity contribution in [3.05, 3.63) is 52.5 Å². The molecule has 1 aliphatic heterocycles. The Morgan fingerprint density at radius 2 is 1.77 bits per heavy atom. The quantitative estimate of drug-likeness (QED) is 0.667. The molecule has 1 heterocycles. The Morgan fingerprint density at radius 3 is 2.48 bits per heavy atom. The molecule has 0 radical (unpaired) electrons. The van der Waals surface area contributed by atoms with Crippen molar-refractivity contribution in [2.45, 2.75) is 13.0 Å². The Morgan fingerprint density at radius 1 is 1.06 bits per heavy atom. The number of carbonyl (C=O) groups excluding carboxylic acids is 3. The molecule has 2 amide bonds. The van der Waals surface area contributed by atoms with E-state index in [9.17, 15) is 23.2 Å². The van der Waals surface area contributed by atoms with Crippen molar-refractivity contribution in [3.8, 4) is 17.2 Å². The van der Waals surface area contributed by atoms with Gasteiger partial charge in [0.25, 0.3) is 11.8 Å². The van der Waals surface area contributed by atoms with Gasteiger partial charge in [0.1, 0.15) is 5.75 Å². The van der Waals surface area contributed by atoms with E-state index < -0.39 is 31.0 Å². The van der Waals surface area contributed by atoms with E-state index in [1.54, 1.807) is 0 Å². The van der Waals surface area contributed by atoms with E-state index in [-0.39, 0.29) is 27.6 Å². The van der Waals surface area contributed by atoms with Gasteiger partial charge in [-0.1, -0.05) is 11.6 Å². The predicted molar refractivity (Wildman–Crippen MR) is 103 cm³/mol. The third-order valence-electron chi connectivity index (χ3n) is 3.97. The summed E-state index contributed by atoms with van der Waals surface area (Å²) in [5, 5.41) is 2.18. The van der Waals surface area contributed by atoms with Crippen LogP contribution >= 0.6 is 11.6 Å². The van der Waals surface area contributed by atoms with Crippen LogP contribution in [0.2, 0.25) is 5.02 Å². The van der Waals surface area contributed by atoms with Crippen LogP contribution in [0.4, 0.5) is 8.78 Å². The molecule has 0 saturated carbocycles. The Kier molecular flexibility index (Phi) is 7.24. The number of halogens is 3. The number of benzene rings is 2. The van der Waals surface area contributed by atoms with Crippen molar-refractivity contribution in [1.82, 2.24) is 5.32 Å². The van der Waals surface area contributed by atoms with Crippen LogP contribution in [-0.2, 0) is 9.53 Å². The number of esters is 1. The zero-order chi connectivity index (χ0) is 22.4. The molecule has 0 fully saturated rings. The molecule has 0 spiro atoms. The highest BCUT2D eigenvalue weighted by atomic mass is 35.5. The molecular formula is C20H16ClF2NO7. The van der Waals surface area contributed by atoms with Crippen LogP contribution in [0, 0.1) is 0 Å². The molecule has 0 saturated heterocycles. The lowest BCUT2D eigenvalue weighted by Gasteiger charge is -2.11. The summed E-state index contributed by atoms with van der Waals surface area (Å²) in [6.45, 7) is -2.92. The number of hydrogen-bond acceptors (Lipinski definition) is 7. The molecule has 0 atom stereocenters. The van der Waals surface area contributed by atoms with Gasteiger partial charge in [-0.25, -0.2) is 4.79 Å². The fraction of sp³-hybridized carbons (Fsp3) is 0.250. The number of alkyl halides is 2. The van der Waals surface area contributed by atoms with Crippen molar-refractivity contribution in [3.63, 3.8) is 0 Å². The highest BCUT2D eigenvalue weighted by Crippen LogP contribution is 2.38. The third-order valence-corrected chi connectivity index (χ3v) is 4.25. The summed E-state index contributed by atoms with van der Waals surface area (Å²) < 4.78 is 44.3. The lowest BCUT2D eigenvalue weighted by atomic mass is 10.2. The van der Waals surface area contributed by atoms with Crippen LogP contribution in [0.3, 0.4) is 0 Å². The number of hydrogen-bond donors (Lipinski definition) is 1. The fourth-order valence-electron chi connectivity index (χ4n) is 2.59. The van der Waals surface area contributed by atoms with Crippen LogP contribution < -0.4 is 19.5 Å². The van der Waals surface area contributed by atoms with Gasteiger partial charge in [0.05, 0.1) is 23.8 Å². The molecule has 0 aliphatic carbocycles. The van der Waals surface area contributed by atoms with Crippen LogP contribution in [0.25, 0.3) is 0 Å². The minimum Gasteiger partial charge on any atom is -0.489 e. The lowest BCUT2D eigenvalue weighted by molar-refractivity contribution is -0.123. The highest BCUT2D eigenvalue weighted by molar-refractivity contribution is 6.32. The highest BCUT2D eigenvalue weighted by Gasteiger charge is 2.20.